The second kappa shape index (κ2) is 8.28. The van der Waals surface area contributed by atoms with Crippen LogP contribution in [-0.2, 0) is 4.79 Å². The molecule has 0 unspecified atom stereocenters. The Bertz CT molecular complexity index is 1020. The SMILES string of the molecule is CCC(=O)Nc1ccc(C(=O)CSc2nc3ccc([N+](=O)[O-])cc3s2)cc1. The quantitative estimate of drug-likeness (QED) is 0.270. The summed E-state index contributed by atoms with van der Waals surface area (Å²) in [5.74, 6) is 0.0714. The molecule has 0 aliphatic carbocycles. The zero-order valence-corrected chi connectivity index (χ0v) is 15.9. The van der Waals surface area contributed by atoms with Crippen molar-refractivity contribution in [2.75, 3.05) is 11.1 Å². The summed E-state index contributed by atoms with van der Waals surface area (Å²) in [6.45, 7) is 1.77. The maximum Gasteiger partial charge on any atom is 0.270 e. The van der Waals surface area contributed by atoms with Gasteiger partial charge in [-0.15, -0.1) is 11.3 Å². The maximum atomic E-state index is 12.3. The summed E-state index contributed by atoms with van der Waals surface area (Å²) in [5, 5.41) is 13.6. The molecule has 1 amide bonds. The molecule has 2 aromatic carbocycles. The lowest BCUT2D eigenvalue weighted by Crippen LogP contribution is -2.09. The van der Waals surface area contributed by atoms with E-state index in [-0.39, 0.29) is 23.1 Å². The third-order valence-corrected chi connectivity index (χ3v) is 5.86. The molecule has 9 heteroatoms. The lowest BCUT2D eigenvalue weighted by Gasteiger charge is -2.04. The monoisotopic (exact) mass is 401 g/mol. The molecule has 3 aromatic rings. The highest BCUT2D eigenvalue weighted by molar-refractivity contribution is 8.01. The van der Waals surface area contributed by atoms with Gasteiger partial charge in [-0.25, -0.2) is 4.98 Å². The van der Waals surface area contributed by atoms with E-state index in [1.807, 2.05) is 0 Å². The standard InChI is InChI=1S/C18H15N3O4S2/c1-2-17(23)19-12-5-3-11(4-6-12)15(22)10-26-18-20-14-8-7-13(21(24)25)9-16(14)27-18/h3-9H,2,10H2,1H3,(H,19,23). The molecule has 0 saturated carbocycles. The Morgan fingerprint density at radius 2 is 1.96 bits per heavy atom. The van der Waals surface area contributed by atoms with Crippen LogP contribution in [0.3, 0.4) is 0 Å². The Hall–Kier alpha value is -2.78. The fraction of sp³-hybridized carbons (Fsp3) is 0.167. The molecule has 0 spiro atoms. The summed E-state index contributed by atoms with van der Waals surface area (Å²) in [6.07, 6.45) is 0.392. The Labute approximate surface area is 163 Å². The van der Waals surface area contributed by atoms with Gasteiger partial charge in [-0.2, -0.15) is 0 Å². The van der Waals surface area contributed by atoms with Crippen LogP contribution >= 0.6 is 23.1 Å². The van der Waals surface area contributed by atoms with Gasteiger partial charge in [-0.1, -0.05) is 18.7 Å². The number of fused-ring (bicyclic) bond motifs is 1. The van der Waals surface area contributed by atoms with Gasteiger partial charge in [0.25, 0.3) is 5.69 Å². The van der Waals surface area contributed by atoms with Crippen LogP contribution in [0.1, 0.15) is 23.7 Å². The third kappa shape index (κ3) is 4.69. The highest BCUT2D eigenvalue weighted by Gasteiger charge is 2.13. The molecular formula is C18H15N3O4S2. The van der Waals surface area contributed by atoms with Crippen LogP contribution in [0.5, 0.6) is 0 Å². The summed E-state index contributed by atoms with van der Waals surface area (Å²) >= 11 is 2.63. The van der Waals surface area contributed by atoms with E-state index >= 15 is 0 Å². The number of hydrogen-bond acceptors (Lipinski definition) is 7. The summed E-state index contributed by atoms with van der Waals surface area (Å²) < 4.78 is 1.40. The van der Waals surface area contributed by atoms with E-state index in [1.54, 1.807) is 37.3 Å². The average molecular weight is 401 g/mol. The van der Waals surface area contributed by atoms with Gasteiger partial charge in [0.2, 0.25) is 5.91 Å². The van der Waals surface area contributed by atoms with Crippen molar-refractivity contribution in [3.8, 4) is 0 Å². The van der Waals surface area contributed by atoms with Crippen LogP contribution in [0.25, 0.3) is 10.2 Å². The minimum atomic E-state index is -0.442. The zero-order valence-electron chi connectivity index (χ0n) is 14.3. The summed E-state index contributed by atoms with van der Waals surface area (Å²) in [7, 11) is 0. The number of ketones is 1. The second-order valence-electron chi connectivity index (χ2n) is 5.58. The van der Waals surface area contributed by atoms with Gasteiger partial charge in [0, 0.05) is 29.8 Å². The lowest BCUT2D eigenvalue weighted by atomic mass is 10.1. The smallest absolute Gasteiger partial charge is 0.270 e. The van der Waals surface area contributed by atoms with E-state index in [1.165, 1.54) is 35.2 Å². The molecule has 3 rings (SSSR count). The van der Waals surface area contributed by atoms with Crippen molar-refractivity contribution in [1.82, 2.24) is 4.98 Å². The van der Waals surface area contributed by atoms with Crippen LogP contribution in [-0.4, -0.2) is 27.4 Å². The van der Waals surface area contributed by atoms with E-state index in [0.717, 1.165) is 4.70 Å². The van der Waals surface area contributed by atoms with Crippen LogP contribution in [0.4, 0.5) is 11.4 Å². The number of Topliss-reactive ketones (excluding diaryl/α,β-unsaturated/α-hetero) is 1. The number of anilines is 1. The van der Waals surface area contributed by atoms with E-state index in [2.05, 4.69) is 10.3 Å². The minimum Gasteiger partial charge on any atom is -0.326 e. The van der Waals surface area contributed by atoms with E-state index in [0.29, 0.717) is 27.5 Å². The first-order valence-corrected chi connectivity index (χ1v) is 9.87. The Morgan fingerprint density at radius 1 is 1.22 bits per heavy atom. The number of rotatable bonds is 7. The molecule has 138 valence electrons. The molecule has 1 N–H and O–H groups in total. The number of carbonyl (C=O) groups excluding carboxylic acids is 2. The van der Waals surface area contributed by atoms with Gasteiger partial charge in [0.05, 0.1) is 20.9 Å². The lowest BCUT2D eigenvalue weighted by molar-refractivity contribution is -0.384. The summed E-state index contributed by atoms with van der Waals surface area (Å²) in [6, 6.07) is 11.3. The first-order valence-electron chi connectivity index (χ1n) is 8.07. The number of nitro benzene ring substituents is 1. The maximum absolute atomic E-state index is 12.3. The first kappa shape index (κ1) is 19.0. The number of benzene rings is 2. The Kier molecular flexibility index (Phi) is 5.82. The fourth-order valence-corrected chi connectivity index (χ4v) is 4.26. The van der Waals surface area contributed by atoms with Gasteiger partial charge in [0.15, 0.2) is 10.1 Å². The molecule has 1 heterocycles. The highest BCUT2D eigenvalue weighted by Crippen LogP contribution is 2.32. The number of aromatic nitrogens is 1. The highest BCUT2D eigenvalue weighted by atomic mass is 32.2. The number of nitro groups is 1. The molecule has 0 bridgehead atoms. The van der Waals surface area contributed by atoms with Crippen LogP contribution in [0.2, 0.25) is 0 Å². The van der Waals surface area contributed by atoms with Crippen LogP contribution < -0.4 is 5.32 Å². The third-order valence-electron chi connectivity index (χ3n) is 3.70. The van der Waals surface area contributed by atoms with E-state index in [4.69, 9.17) is 0 Å². The molecular weight excluding hydrogens is 386 g/mol. The number of nitrogens with zero attached hydrogens (tertiary/aromatic N) is 2. The molecule has 0 aliphatic rings. The summed E-state index contributed by atoms with van der Waals surface area (Å²) in [5.41, 5.74) is 1.90. The molecule has 0 aliphatic heterocycles. The number of nitrogens with one attached hydrogen (secondary N) is 1. The van der Waals surface area contributed by atoms with Crippen molar-refractivity contribution < 1.29 is 14.5 Å². The van der Waals surface area contributed by atoms with Crippen molar-refractivity contribution in [2.45, 2.75) is 17.7 Å². The molecule has 7 nitrogen and oxygen atoms in total. The number of hydrogen-bond donors (Lipinski definition) is 1. The van der Waals surface area contributed by atoms with E-state index < -0.39 is 4.92 Å². The largest absolute Gasteiger partial charge is 0.326 e. The van der Waals surface area contributed by atoms with E-state index in [9.17, 15) is 19.7 Å². The Morgan fingerprint density at radius 3 is 2.63 bits per heavy atom. The van der Waals surface area contributed by atoms with Crippen molar-refractivity contribution >= 4 is 56.4 Å². The number of non-ortho nitro benzene ring substituents is 1. The van der Waals surface area contributed by atoms with Gasteiger partial charge >= 0.3 is 0 Å². The topological polar surface area (TPSA) is 102 Å². The molecule has 0 atom stereocenters. The van der Waals surface area contributed by atoms with Gasteiger partial charge < -0.3 is 5.32 Å². The minimum absolute atomic E-state index is 0.0223. The predicted molar refractivity (Wildman–Crippen MR) is 107 cm³/mol. The average Bonchev–Trinajstić information content (AvgIpc) is 3.08. The van der Waals surface area contributed by atoms with Crippen molar-refractivity contribution in [2.24, 2.45) is 0 Å². The number of amides is 1. The molecule has 0 saturated heterocycles. The van der Waals surface area contributed by atoms with Gasteiger partial charge in [0.1, 0.15) is 0 Å². The van der Waals surface area contributed by atoms with Crippen molar-refractivity contribution in [1.29, 1.82) is 0 Å². The second-order valence-corrected chi connectivity index (χ2v) is 7.83. The first-order chi connectivity index (χ1) is 13.0. The van der Waals surface area contributed by atoms with Crippen molar-refractivity contribution in [3.05, 3.63) is 58.1 Å². The number of carbonyl (C=O) groups is 2. The van der Waals surface area contributed by atoms with Crippen molar-refractivity contribution in [3.63, 3.8) is 0 Å². The molecule has 0 fully saturated rings. The Balaban J connectivity index is 1.64. The van der Waals surface area contributed by atoms with Crippen LogP contribution in [0.15, 0.2) is 46.8 Å². The normalized spacial score (nSPS) is 10.7. The van der Waals surface area contributed by atoms with Crippen LogP contribution in [0, 0.1) is 10.1 Å². The molecule has 0 radical (unpaired) electrons. The number of thioether (sulfide) groups is 1. The predicted octanol–water partition coefficient (Wildman–Crippen LogP) is 4.53. The summed E-state index contributed by atoms with van der Waals surface area (Å²) in [4.78, 5) is 38.5. The molecule has 27 heavy (non-hydrogen) atoms. The van der Waals surface area contributed by atoms with Gasteiger partial charge in [-0.05, 0) is 30.3 Å². The fourth-order valence-electron chi connectivity index (χ4n) is 2.27. The van der Waals surface area contributed by atoms with Gasteiger partial charge in [-0.3, -0.25) is 19.7 Å². The number of thiazole rings is 1. The zero-order chi connectivity index (χ0) is 19.4. The molecule has 1 aromatic heterocycles.